The molecule has 1 aromatic heterocycles. The number of hydrogen-bond acceptors (Lipinski definition) is 4. The van der Waals surface area contributed by atoms with Crippen molar-refractivity contribution in [2.45, 2.75) is 33.6 Å². The summed E-state index contributed by atoms with van der Waals surface area (Å²) in [4.78, 5) is 0. The molecule has 0 unspecified atom stereocenters. The Morgan fingerprint density at radius 3 is 2.68 bits per heavy atom. The van der Waals surface area contributed by atoms with E-state index in [4.69, 9.17) is 0 Å². The summed E-state index contributed by atoms with van der Waals surface area (Å²) in [5, 5.41) is 14.8. The average molecular weight is 259 g/mol. The predicted octanol–water partition coefficient (Wildman–Crippen LogP) is 2.82. The first-order valence-corrected chi connectivity index (χ1v) is 6.82. The quantitative estimate of drug-likeness (QED) is 0.866. The molecule has 0 aliphatic heterocycles. The summed E-state index contributed by atoms with van der Waals surface area (Å²) >= 11 is 0. The first-order chi connectivity index (χ1) is 9.24. The highest BCUT2D eigenvalue weighted by Crippen LogP contribution is 2.19. The molecule has 1 heterocycles. The van der Waals surface area contributed by atoms with Crippen LogP contribution in [0.15, 0.2) is 24.5 Å². The number of nitrogens with zero attached hydrogens (tertiary/aromatic N) is 4. The number of benzene rings is 1. The van der Waals surface area contributed by atoms with Crippen molar-refractivity contribution in [3.05, 3.63) is 30.1 Å². The second-order valence-corrected chi connectivity index (χ2v) is 4.82. The Morgan fingerprint density at radius 2 is 2.05 bits per heavy atom. The lowest BCUT2D eigenvalue weighted by atomic mass is 10.0. The lowest BCUT2D eigenvalue weighted by Crippen LogP contribution is -2.13. The fraction of sp³-hybridized carbons (Fsp3) is 0.500. The van der Waals surface area contributed by atoms with Gasteiger partial charge >= 0.3 is 0 Å². The van der Waals surface area contributed by atoms with Crippen LogP contribution in [0.3, 0.4) is 0 Å². The molecule has 0 aliphatic carbocycles. The van der Waals surface area contributed by atoms with Gasteiger partial charge in [0.15, 0.2) is 0 Å². The van der Waals surface area contributed by atoms with Crippen LogP contribution in [-0.4, -0.2) is 26.8 Å². The minimum atomic E-state index is 0.720. The molecule has 102 valence electrons. The van der Waals surface area contributed by atoms with E-state index in [0.717, 1.165) is 29.4 Å². The monoisotopic (exact) mass is 259 g/mol. The SMILES string of the molecule is CCC(CC)CNc1ccc(C)c(-n2cnnn2)c1. The predicted molar refractivity (Wildman–Crippen MR) is 76.5 cm³/mol. The van der Waals surface area contributed by atoms with Crippen LogP contribution in [0.4, 0.5) is 5.69 Å². The van der Waals surface area contributed by atoms with Crippen molar-refractivity contribution in [2.24, 2.45) is 5.92 Å². The van der Waals surface area contributed by atoms with E-state index in [-0.39, 0.29) is 0 Å². The van der Waals surface area contributed by atoms with Gasteiger partial charge in [-0.05, 0) is 41.0 Å². The summed E-state index contributed by atoms with van der Waals surface area (Å²) in [7, 11) is 0. The minimum absolute atomic E-state index is 0.720. The van der Waals surface area contributed by atoms with E-state index < -0.39 is 0 Å². The molecule has 1 N–H and O–H groups in total. The molecule has 0 fully saturated rings. The van der Waals surface area contributed by atoms with Gasteiger partial charge in [0.2, 0.25) is 0 Å². The number of nitrogens with one attached hydrogen (secondary N) is 1. The van der Waals surface area contributed by atoms with E-state index in [0.29, 0.717) is 0 Å². The largest absolute Gasteiger partial charge is 0.385 e. The summed E-state index contributed by atoms with van der Waals surface area (Å²) in [5.74, 6) is 0.720. The molecular weight excluding hydrogens is 238 g/mol. The van der Waals surface area contributed by atoms with Crippen LogP contribution in [0.1, 0.15) is 32.3 Å². The molecule has 0 amide bonds. The van der Waals surface area contributed by atoms with Gasteiger partial charge in [-0.25, -0.2) is 4.68 Å². The van der Waals surface area contributed by atoms with Crippen molar-refractivity contribution in [3.63, 3.8) is 0 Å². The van der Waals surface area contributed by atoms with Crippen LogP contribution in [0.5, 0.6) is 0 Å². The number of anilines is 1. The molecule has 2 aromatic rings. The molecule has 2 rings (SSSR count). The van der Waals surface area contributed by atoms with Gasteiger partial charge in [-0.3, -0.25) is 0 Å². The van der Waals surface area contributed by atoms with Gasteiger partial charge in [-0.1, -0.05) is 32.8 Å². The summed E-state index contributed by atoms with van der Waals surface area (Å²) in [6, 6.07) is 6.28. The Morgan fingerprint density at radius 1 is 1.26 bits per heavy atom. The van der Waals surface area contributed by atoms with Crippen LogP contribution >= 0.6 is 0 Å². The van der Waals surface area contributed by atoms with Crippen molar-refractivity contribution >= 4 is 5.69 Å². The molecular formula is C14H21N5. The Hall–Kier alpha value is -1.91. The van der Waals surface area contributed by atoms with E-state index in [1.54, 1.807) is 11.0 Å². The van der Waals surface area contributed by atoms with Crippen LogP contribution in [0.25, 0.3) is 5.69 Å². The Kier molecular flexibility index (Phi) is 4.49. The molecule has 0 radical (unpaired) electrons. The maximum Gasteiger partial charge on any atom is 0.143 e. The van der Waals surface area contributed by atoms with Crippen molar-refractivity contribution in [1.29, 1.82) is 0 Å². The van der Waals surface area contributed by atoms with Gasteiger partial charge in [-0.15, -0.1) is 5.10 Å². The van der Waals surface area contributed by atoms with Crippen LogP contribution in [0, 0.1) is 12.8 Å². The van der Waals surface area contributed by atoms with Gasteiger partial charge in [0.05, 0.1) is 5.69 Å². The second-order valence-electron chi connectivity index (χ2n) is 4.82. The number of hydrogen-bond donors (Lipinski definition) is 1. The molecule has 0 saturated heterocycles. The standard InChI is InChI=1S/C14H21N5/c1-4-12(5-2)9-15-13-7-6-11(3)14(8-13)19-10-16-17-18-19/h6-8,10,12,15H,4-5,9H2,1-3H3. The van der Waals surface area contributed by atoms with Crippen molar-refractivity contribution in [1.82, 2.24) is 20.2 Å². The van der Waals surface area contributed by atoms with Crippen LogP contribution < -0.4 is 5.32 Å². The van der Waals surface area contributed by atoms with Gasteiger partial charge in [0, 0.05) is 12.2 Å². The van der Waals surface area contributed by atoms with Gasteiger partial charge in [0.25, 0.3) is 0 Å². The molecule has 0 spiro atoms. The zero-order chi connectivity index (χ0) is 13.7. The van der Waals surface area contributed by atoms with Gasteiger partial charge in [0.1, 0.15) is 6.33 Å². The third-order valence-corrected chi connectivity index (χ3v) is 3.55. The lowest BCUT2D eigenvalue weighted by Gasteiger charge is -2.15. The van der Waals surface area contributed by atoms with E-state index >= 15 is 0 Å². The molecule has 19 heavy (non-hydrogen) atoms. The van der Waals surface area contributed by atoms with E-state index in [1.807, 2.05) is 0 Å². The average Bonchev–Trinajstić information content (AvgIpc) is 2.95. The highest BCUT2D eigenvalue weighted by Gasteiger charge is 2.06. The van der Waals surface area contributed by atoms with Crippen LogP contribution in [-0.2, 0) is 0 Å². The smallest absolute Gasteiger partial charge is 0.143 e. The van der Waals surface area contributed by atoms with E-state index in [9.17, 15) is 0 Å². The van der Waals surface area contributed by atoms with E-state index in [1.165, 1.54) is 12.8 Å². The molecule has 0 aliphatic rings. The third-order valence-electron chi connectivity index (χ3n) is 3.55. The number of tetrazole rings is 1. The summed E-state index contributed by atoms with van der Waals surface area (Å²) in [5.41, 5.74) is 3.28. The van der Waals surface area contributed by atoms with Crippen LogP contribution in [0.2, 0.25) is 0 Å². The first kappa shape index (κ1) is 13.5. The topological polar surface area (TPSA) is 55.6 Å². The van der Waals surface area contributed by atoms with E-state index in [2.05, 4.69) is 59.8 Å². The van der Waals surface area contributed by atoms with Crippen molar-refractivity contribution < 1.29 is 0 Å². The Balaban J connectivity index is 2.13. The highest BCUT2D eigenvalue weighted by molar-refractivity contribution is 5.54. The fourth-order valence-electron chi connectivity index (χ4n) is 2.08. The number of rotatable bonds is 6. The van der Waals surface area contributed by atoms with Gasteiger partial charge in [-0.2, -0.15) is 0 Å². The number of aromatic nitrogens is 4. The number of aryl methyl sites for hydroxylation is 1. The van der Waals surface area contributed by atoms with Crippen molar-refractivity contribution in [2.75, 3.05) is 11.9 Å². The molecule has 0 saturated carbocycles. The lowest BCUT2D eigenvalue weighted by molar-refractivity contribution is 0.519. The second kappa shape index (κ2) is 6.31. The molecule has 5 nitrogen and oxygen atoms in total. The maximum atomic E-state index is 3.94. The van der Waals surface area contributed by atoms with Gasteiger partial charge < -0.3 is 5.32 Å². The zero-order valence-electron chi connectivity index (χ0n) is 11.8. The van der Waals surface area contributed by atoms with Crippen molar-refractivity contribution in [3.8, 4) is 5.69 Å². The first-order valence-electron chi connectivity index (χ1n) is 6.82. The zero-order valence-corrected chi connectivity index (χ0v) is 11.8. The third kappa shape index (κ3) is 3.30. The summed E-state index contributed by atoms with van der Waals surface area (Å²) in [6.45, 7) is 7.53. The molecule has 1 aromatic carbocycles. The molecule has 5 heteroatoms. The summed E-state index contributed by atoms with van der Waals surface area (Å²) < 4.78 is 1.69. The molecule has 0 bridgehead atoms. The highest BCUT2D eigenvalue weighted by atomic mass is 15.5. The maximum absolute atomic E-state index is 3.94. The fourth-order valence-corrected chi connectivity index (χ4v) is 2.08. The minimum Gasteiger partial charge on any atom is -0.385 e. The molecule has 0 atom stereocenters. The Labute approximate surface area is 114 Å². The Bertz CT molecular complexity index is 503. The summed E-state index contributed by atoms with van der Waals surface area (Å²) in [6.07, 6.45) is 4.03. The normalized spacial score (nSPS) is 10.9.